The maximum absolute atomic E-state index is 14.3. The van der Waals surface area contributed by atoms with Gasteiger partial charge >= 0.3 is 5.97 Å². The van der Waals surface area contributed by atoms with Gasteiger partial charge in [-0.1, -0.05) is 19.9 Å². The molecule has 11 nitrogen and oxygen atoms in total. The van der Waals surface area contributed by atoms with Crippen molar-refractivity contribution in [3.63, 3.8) is 0 Å². The van der Waals surface area contributed by atoms with Gasteiger partial charge in [0.25, 0.3) is 5.91 Å². The molecular formula is C28H45Cl2N5O6. The number of unbranched alkanes of at least 4 members (excludes halogenated alkanes) is 1. The van der Waals surface area contributed by atoms with E-state index in [9.17, 15) is 19.5 Å². The van der Waals surface area contributed by atoms with Gasteiger partial charge in [0.15, 0.2) is 6.17 Å². The van der Waals surface area contributed by atoms with Crippen molar-refractivity contribution in [1.82, 2.24) is 15.1 Å². The fourth-order valence-corrected chi connectivity index (χ4v) is 5.82. The lowest BCUT2D eigenvalue weighted by Crippen LogP contribution is -2.59. The van der Waals surface area contributed by atoms with Gasteiger partial charge < -0.3 is 39.9 Å². The minimum absolute atomic E-state index is 0. The number of hydrogen-bond donors (Lipinski definition) is 3. The van der Waals surface area contributed by atoms with Gasteiger partial charge in [0.2, 0.25) is 5.91 Å². The number of carboxylic acids is 1. The Morgan fingerprint density at radius 3 is 2.54 bits per heavy atom. The number of aromatic carboxylic acids is 1. The van der Waals surface area contributed by atoms with Gasteiger partial charge in [-0.25, -0.2) is 4.79 Å². The molecule has 41 heavy (non-hydrogen) atoms. The Hall–Kier alpha value is -2.31. The van der Waals surface area contributed by atoms with Gasteiger partial charge in [-0.15, -0.1) is 24.8 Å². The number of nitrogens with zero attached hydrogens (tertiary/aromatic N) is 3. The quantitative estimate of drug-likeness (QED) is 0.321. The van der Waals surface area contributed by atoms with Gasteiger partial charge in [-0.05, 0) is 37.3 Å². The molecule has 3 aliphatic rings. The summed E-state index contributed by atoms with van der Waals surface area (Å²) < 4.78 is 10.6. The molecule has 4 rings (SSSR count). The summed E-state index contributed by atoms with van der Waals surface area (Å²) in [5.74, 6) is -0.998. The highest BCUT2D eigenvalue weighted by atomic mass is 35.5. The van der Waals surface area contributed by atoms with E-state index in [1.807, 2.05) is 20.8 Å². The van der Waals surface area contributed by atoms with Gasteiger partial charge in [-0.2, -0.15) is 0 Å². The number of nitrogens with one attached hydrogen (secondary N) is 2. The Balaban J connectivity index is 0.00000294. The SMILES string of the molecule is COCCCCN1c2c(cccc2C(=O)O)NC1C(=O)N(CC(C)C)[C@@H]1CNC[C@H](C(=O)N2CCOCC2)C1.Cl.Cl. The zero-order chi connectivity index (χ0) is 27.9. The number of ether oxygens (including phenoxy) is 2. The molecule has 3 aliphatic heterocycles. The third-order valence-electron chi connectivity index (χ3n) is 7.67. The molecule has 2 amide bonds. The molecule has 0 aromatic heterocycles. The monoisotopic (exact) mass is 617 g/mol. The summed E-state index contributed by atoms with van der Waals surface area (Å²) in [4.78, 5) is 45.4. The molecule has 3 atom stereocenters. The number of anilines is 2. The lowest BCUT2D eigenvalue weighted by atomic mass is 9.92. The highest BCUT2D eigenvalue weighted by Crippen LogP contribution is 2.39. The number of methoxy groups -OCH3 is 1. The number of para-hydroxylation sites is 1. The summed E-state index contributed by atoms with van der Waals surface area (Å²) >= 11 is 0. The third kappa shape index (κ3) is 8.38. The standard InChI is InChI=1S/C28H43N5O6.2ClH/c1-19(2)18-33(21-15-20(16-29-17-21)26(34)31-10-13-39-14-11-31)27(35)25-30-23-8-6-7-22(28(36)37)24(23)32(25)9-4-5-12-38-3;;/h6-8,19-21,25,29-30H,4-5,9-18H2,1-3H3,(H,36,37);2*1H/t20-,21+,25?;;/m1../s1. The van der Waals surface area contributed by atoms with Crippen LogP contribution in [0.5, 0.6) is 0 Å². The van der Waals surface area contributed by atoms with Crippen molar-refractivity contribution in [2.45, 2.75) is 45.3 Å². The van der Waals surface area contributed by atoms with E-state index in [0.717, 1.165) is 12.8 Å². The smallest absolute Gasteiger partial charge is 0.337 e. The van der Waals surface area contributed by atoms with Crippen molar-refractivity contribution >= 4 is 54.0 Å². The predicted molar refractivity (Wildman–Crippen MR) is 162 cm³/mol. The molecule has 1 aromatic rings. The number of hydrogen-bond acceptors (Lipinski definition) is 8. The topological polar surface area (TPSA) is 124 Å². The molecule has 2 saturated heterocycles. The number of halogens is 2. The Morgan fingerprint density at radius 1 is 1.15 bits per heavy atom. The van der Waals surface area contributed by atoms with E-state index in [2.05, 4.69) is 24.5 Å². The van der Waals surface area contributed by atoms with Crippen molar-refractivity contribution in [3.05, 3.63) is 23.8 Å². The maximum atomic E-state index is 14.3. The second-order valence-electron chi connectivity index (χ2n) is 11.0. The first kappa shape index (κ1) is 34.9. The molecule has 0 aliphatic carbocycles. The molecule has 232 valence electrons. The van der Waals surface area contributed by atoms with Crippen LogP contribution in [0.3, 0.4) is 0 Å². The third-order valence-corrected chi connectivity index (χ3v) is 7.67. The van der Waals surface area contributed by atoms with Crippen LogP contribution in [0, 0.1) is 11.8 Å². The Bertz CT molecular complexity index is 1030. The first-order valence-electron chi connectivity index (χ1n) is 14.1. The molecule has 13 heteroatoms. The lowest BCUT2D eigenvalue weighted by molar-refractivity contribution is -0.143. The number of carbonyl (C=O) groups excluding carboxylic acids is 2. The molecule has 2 fully saturated rings. The second-order valence-corrected chi connectivity index (χ2v) is 11.0. The zero-order valence-electron chi connectivity index (χ0n) is 24.2. The molecule has 0 radical (unpaired) electrons. The van der Waals surface area contributed by atoms with Crippen LogP contribution in [0.15, 0.2) is 18.2 Å². The predicted octanol–water partition coefficient (Wildman–Crippen LogP) is 2.53. The van der Waals surface area contributed by atoms with Crippen LogP contribution >= 0.6 is 24.8 Å². The van der Waals surface area contributed by atoms with Crippen molar-refractivity contribution in [3.8, 4) is 0 Å². The fourth-order valence-electron chi connectivity index (χ4n) is 5.82. The Labute approximate surface area is 255 Å². The minimum atomic E-state index is -1.02. The number of carboxylic acid groups (broad SMARTS) is 1. The first-order valence-corrected chi connectivity index (χ1v) is 14.1. The van der Waals surface area contributed by atoms with Crippen molar-refractivity contribution < 1.29 is 29.0 Å². The van der Waals surface area contributed by atoms with Crippen LogP contribution in [-0.2, 0) is 19.1 Å². The summed E-state index contributed by atoms with van der Waals surface area (Å²) in [6.45, 7) is 9.33. The molecular weight excluding hydrogens is 573 g/mol. The molecule has 1 unspecified atom stereocenters. The van der Waals surface area contributed by atoms with Crippen molar-refractivity contribution in [2.75, 3.05) is 76.4 Å². The van der Waals surface area contributed by atoms with Gasteiger partial charge in [0.1, 0.15) is 0 Å². The fraction of sp³-hybridized carbons (Fsp3) is 0.679. The van der Waals surface area contributed by atoms with E-state index in [4.69, 9.17) is 9.47 Å². The largest absolute Gasteiger partial charge is 0.478 e. The van der Waals surface area contributed by atoms with Gasteiger partial charge in [0, 0.05) is 59.0 Å². The molecule has 0 spiro atoms. The summed E-state index contributed by atoms with van der Waals surface area (Å²) in [7, 11) is 1.65. The Morgan fingerprint density at radius 2 is 1.88 bits per heavy atom. The number of morpholine rings is 1. The van der Waals surface area contributed by atoms with E-state index in [1.54, 1.807) is 19.2 Å². The van der Waals surface area contributed by atoms with Crippen LogP contribution in [0.25, 0.3) is 0 Å². The summed E-state index contributed by atoms with van der Waals surface area (Å²) in [6, 6.07) is 4.95. The van der Waals surface area contributed by atoms with Crippen LogP contribution < -0.4 is 15.5 Å². The van der Waals surface area contributed by atoms with Gasteiger partial charge in [0.05, 0.1) is 36.1 Å². The summed E-state index contributed by atoms with van der Waals surface area (Å²) in [5.41, 5.74) is 1.37. The highest BCUT2D eigenvalue weighted by Gasteiger charge is 2.42. The molecule has 3 heterocycles. The number of amides is 2. The second kappa shape index (κ2) is 16.4. The normalized spacial score (nSPS) is 21.8. The minimum Gasteiger partial charge on any atom is -0.478 e. The number of benzene rings is 1. The molecule has 3 N–H and O–H groups in total. The first-order chi connectivity index (χ1) is 18.8. The summed E-state index contributed by atoms with van der Waals surface area (Å²) in [6.07, 6.45) is 1.41. The number of piperidine rings is 1. The van der Waals surface area contributed by atoms with Crippen molar-refractivity contribution in [1.29, 1.82) is 0 Å². The van der Waals surface area contributed by atoms with Gasteiger partial charge in [-0.3, -0.25) is 9.59 Å². The van der Waals surface area contributed by atoms with E-state index in [0.29, 0.717) is 76.9 Å². The number of fused-ring (bicyclic) bond motifs is 1. The Kier molecular flexibility index (Phi) is 13.9. The number of carbonyl (C=O) groups is 3. The maximum Gasteiger partial charge on any atom is 0.337 e. The van der Waals surface area contributed by atoms with Crippen LogP contribution in [0.4, 0.5) is 11.4 Å². The van der Waals surface area contributed by atoms with E-state index < -0.39 is 12.1 Å². The van der Waals surface area contributed by atoms with Crippen LogP contribution in [0.2, 0.25) is 0 Å². The summed E-state index contributed by atoms with van der Waals surface area (Å²) in [5, 5.41) is 16.6. The van der Waals surface area contributed by atoms with Crippen LogP contribution in [-0.4, -0.2) is 111 Å². The molecule has 1 aromatic carbocycles. The lowest BCUT2D eigenvalue weighted by Gasteiger charge is -2.42. The van der Waals surface area contributed by atoms with Crippen molar-refractivity contribution in [2.24, 2.45) is 11.8 Å². The molecule has 0 bridgehead atoms. The van der Waals surface area contributed by atoms with Crippen LogP contribution in [0.1, 0.15) is 43.5 Å². The van der Waals surface area contributed by atoms with E-state index in [1.165, 1.54) is 0 Å². The van der Waals surface area contributed by atoms with E-state index in [-0.39, 0.29) is 60.1 Å². The number of rotatable bonds is 11. The average molecular weight is 619 g/mol. The molecule has 0 saturated carbocycles. The zero-order valence-corrected chi connectivity index (χ0v) is 25.8. The van der Waals surface area contributed by atoms with E-state index >= 15 is 0 Å². The highest BCUT2D eigenvalue weighted by molar-refractivity contribution is 6.03. The average Bonchev–Trinajstić information content (AvgIpc) is 3.32.